The molecule has 1 aliphatic carbocycles. The van der Waals surface area contributed by atoms with Crippen LogP contribution in [0.4, 0.5) is 9.52 Å². The predicted molar refractivity (Wildman–Crippen MR) is 86.8 cm³/mol. The maximum absolute atomic E-state index is 13.1. The van der Waals surface area contributed by atoms with Crippen LogP contribution in [0.25, 0.3) is 0 Å². The second-order valence-electron chi connectivity index (χ2n) is 6.13. The van der Waals surface area contributed by atoms with Crippen LogP contribution in [0.1, 0.15) is 50.3 Å². The molecule has 2 aromatic rings. The van der Waals surface area contributed by atoms with E-state index in [1.807, 2.05) is 5.38 Å². The molecule has 1 amide bonds. The first-order valence-electron chi connectivity index (χ1n) is 7.54. The van der Waals surface area contributed by atoms with Crippen molar-refractivity contribution >= 4 is 22.4 Å². The lowest BCUT2D eigenvalue weighted by molar-refractivity contribution is -0.124. The van der Waals surface area contributed by atoms with Gasteiger partial charge in [0.05, 0.1) is 11.1 Å². The number of aromatic nitrogens is 1. The summed E-state index contributed by atoms with van der Waals surface area (Å²) >= 11 is 1.45. The minimum absolute atomic E-state index is 0.0324. The molecule has 1 fully saturated rings. The van der Waals surface area contributed by atoms with Crippen molar-refractivity contribution in [1.29, 1.82) is 0 Å². The Morgan fingerprint density at radius 2 is 2.00 bits per heavy atom. The highest BCUT2D eigenvalue weighted by Crippen LogP contribution is 2.44. The van der Waals surface area contributed by atoms with Gasteiger partial charge in [0, 0.05) is 5.38 Å². The number of halogens is 1. The van der Waals surface area contributed by atoms with Gasteiger partial charge in [-0.15, -0.1) is 11.3 Å². The average Bonchev–Trinajstić information content (AvgIpc) is 2.88. The van der Waals surface area contributed by atoms with Crippen molar-refractivity contribution in [3.05, 3.63) is 46.7 Å². The van der Waals surface area contributed by atoms with Crippen LogP contribution in [-0.2, 0) is 10.2 Å². The minimum atomic E-state index is -0.530. The van der Waals surface area contributed by atoms with Gasteiger partial charge in [0.25, 0.3) is 0 Å². The average molecular weight is 318 g/mol. The van der Waals surface area contributed by atoms with Crippen LogP contribution >= 0.6 is 11.3 Å². The Morgan fingerprint density at radius 3 is 2.50 bits per heavy atom. The summed E-state index contributed by atoms with van der Waals surface area (Å²) in [4.78, 5) is 17.2. The second kappa shape index (κ2) is 5.80. The molecule has 1 aliphatic rings. The third-order valence-corrected chi connectivity index (χ3v) is 5.15. The topological polar surface area (TPSA) is 42.0 Å². The van der Waals surface area contributed by atoms with Crippen LogP contribution in [0.3, 0.4) is 0 Å². The molecular weight excluding hydrogens is 299 g/mol. The molecule has 1 aromatic carbocycles. The molecule has 1 heterocycles. The maximum atomic E-state index is 13.1. The molecule has 5 heteroatoms. The maximum Gasteiger partial charge on any atom is 0.236 e. The Hall–Kier alpha value is -1.75. The number of nitrogens with one attached hydrogen (secondary N) is 1. The summed E-state index contributed by atoms with van der Waals surface area (Å²) in [5.74, 6) is 0.0341. The van der Waals surface area contributed by atoms with Gasteiger partial charge >= 0.3 is 0 Å². The molecule has 0 bridgehead atoms. The molecule has 3 nitrogen and oxygen atoms in total. The largest absolute Gasteiger partial charge is 0.301 e. The van der Waals surface area contributed by atoms with Crippen molar-refractivity contribution in [2.75, 3.05) is 5.32 Å². The number of anilines is 1. The smallest absolute Gasteiger partial charge is 0.236 e. The molecule has 1 saturated carbocycles. The van der Waals surface area contributed by atoms with E-state index in [0.29, 0.717) is 11.0 Å². The number of thiazole rings is 1. The predicted octanol–water partition coefficient (Wildman–Crippen LogP) is 4.47. The minimum Gasteiger partial charge on any atom is -0.301 e. The van der Waals surface area contributed by atoms with Gasteiger partial charge in [-0.25, -0.2) is 9.37 Å². The lowest BCUT2D eigenvalue weighted by atomic mass is 9.64. The zero-order chi connectivity index (χ0) is 15.7. The number of rotatable bonds is 4. The first-order valence-corrected chi connectivity index (χ1v) is 8.42. The molecule has 116 valence electrons. The fourth-order valence-electron chi connectivity index (χ4n) is 2.77. The van der Waals surface area contributed by atoms with Gasteiger partial charge < -0.3 is 5.32 Å². The van der Waals surface area contributed by atoms with E-state index in [1.54, 1.807) is 12.1 Å². The molecule has 0 saturated heterocycles. The molecule has 3 rings (SSSR count). The fourth-order valence-corrected chi connectivity index (χ4v) is 3.64. The van der Waals surface area contributed by atoms with E-state index in [4.69, 9.17) is 0 Å². The number of carbonyl (C=O) groups is 1. The van der Waals surface area contributed by atoms with Crippen molar-refractivity contribution in [2.24, 2.45) is 0 Å². The third kappa shape index (κ3) is 2.65. The zero-order valence-corrected chi connectivity index (χ0v) is 13.5. The quantitative estimate of drug-likeness (QED) is 0.904. The molecule has 0 spiro atoms. The highest BCUT2D eigenvalue weighted by Gasteiger charge is 2.45. The van der Waals surface area contributed by atoms with E-state index in [-0.39, 0.29) is 11.7 Å². The Labute approximate surface area is 133 Å². The van der Waals surface area contributed by atoms with Gasteiger partial charge in [-0.3, -0.25) is 4.79 Å². The number of amides is 1. The number of hydrogen-bond acceptors (Lipinski definition) is 3. The molecule has 22 heavy (non-hydrogen) atoms. The Bertz CT molecular complexity index is 674. The first-order chi connectivity index (χ1) is 10.5. The van der Waals surface area contributed by atoms with Crippen LogP contribution in [0.15, 0.2) is 29.6 Å². The van der Waals surface area contributed by atoms with Crippen LogP contribution in [0.2, 0.25) is 0 Å². The monoisotopic (exact) mass is 318 g/mol. The van der Waals surface area contributed by atoms with E-state index < -0.39 is 5.41 Å². The van der Waals surface area contributed by atoms with E-state index >= 15 is 0 Å². The second-order valence-corrected chi connectivity index (χ2v) is 6.99. The van der Waals surface area contributed by atoms with Crippen molar-refractivity contribution in [2.45, 2.75) is 44.4 Å². The van der Waals surface area contributed by atoms with Crippen LogP contribution < -0.4 is 5.32 Å². The summed E-state index contributed by atoms with van der Waals surface area (Å²) in [5, 5.41) is 5.57. The first kappa shape index (κ1) is 15.2. The normalized spacial score (nSPS) is 16.4. The van der Waals surface area contributed by atoms with Gasteiger partial charge in [0.2, 0.25) is 5.91 Å². The highest BCUT2D eigenvalue weighted by molar-refractivity contribution is 7.13. The summed E-state index contributed by atoms with van der Waals surface area (Å²) in [6.45, 7) is 4.15. The van der Waals surface area contributed by atoms with Crippen LogP contribution in [0.5, 0.6) is 0 Å². The van der Waals surface area contributed by atoms with Gasteiger partial charge in [0.15, 0.2) is 5.13 Å². The lowest BCUT2D eigenvalue weighted by Crippen LogP contribution is -2.46. The van der Waals surface area contributed by atoms with E-state index in [0.717, 1.165) is 30.5 Å². The molecule has 1 N–H and O–H groups in total. The molecule has 0 unspecified atom stereocenters. The number of hydrogen-bond donors (Lipinski definition) is 1. The van der Waals surface area contributed by atoms with E-state index in [2.05, 4.69) is 24.1 Å². The summed E-state index contributed by atoms with van der Waals surface area (Å²) in [7, 11) is 0. The summed E-state index contributed by atoms with van der Waals surface area (Å²) in [5.41, 5.74) is 1.35. The van der Waals surface area contributed by atoms with Gasteiger partial charge in [-0.2, -0.15) is 0 Å². The molecular formula is C17H19FN2OS. The molecule has 0 atom stereocenters. The van der Waals surface area contributed by atoms with Crippen LogP contribution in [-0.4, -0.2) is 10.9 Å². The Kier molecular flexibility index (Phi) is 4.00. The Morgan fingerprint density at radius 1 is 1.32 bits per heavy atom. The third-order valence-electron chi connectivity index (χ3n) is 4.37. The van der Waals surface area contributed by atoms with Gasteiger partial charge in [-0.1, -0.05) is 32.4 Å². The van der Waals surface area contributed by atoms with Crippen molar-refractivity contribution in [3.63, 3.8) is 0 Å². The molecule has 0 radical (unpaired) electrons. The summed E-state index contributed by atoms with van der Waals surface area (Å²) in [6.07, 6.45) is 2.61. The zero-order valence-electron chi connectivity index (χ0n) is 12.7. The van der Waals surface area contributed by atoms with Crippen molar-refractivity contribution in [3.8, 4) is 0 Å². The Balaban J connectivity index is 1.80. The number of benzene rings is 1. The standard InChI is InChI=1S/C17H19FN2OS/c1-11(2)14-10-22-16(19-14)20-15(21)17(8-3-9-17)12-4-6-13(18)7-5-12/h4-7,10-11H,3,8-9H2,1-2H3,(H,19,20,21). The van der Waals surface area contributed by atoms with Gasteiger partial charge in [0.1, 0.15) is 5.82 Å². The van der Waals surface area contributed by atoms with Crippen LogP contribution in [0, 0.1) is 5.82 Å². The molecule has 1 aromatic heterocycles. The number of nitrogens with zero attached hydrogens (tertiary/aromatic N) is 1. The highest BCUT2D eigenvalue weighted by atomic mass is 32.1. The number of carbonyl (C=O) groups excluding carboxylic acids is 1. The SMILES string of the molecule is CC(C)c1csc(NC(=O)C2(c3ccc(F)cc3)CCC2)n1. The lowest BCUT2D eigenvalue weighted by Gasteiger charge is -2.40. The van der Waals surface area contributed by atoms with E-state index in [1.165, 1.54) is 23.5 Å². The van der Waals surface area contributed by atoms with Gasteiger partial charge in [-0.05, 0) is 36.5 Å². The molecule has 0 aliphatic heterocycles. The van der Waals surface area contributed by atoms with E-state index in [9.17, 15) is 9.18 Å². The van der Waals surface area contributed by atoms with Crippen molar-refractivity contribution in [1.82, 2.24) is 4.98 Å². The summed E-state index contributed by atoms with van der Waals surface area (Å²) in [6, 6.07) is 6.27. The summed E-state index contributed by atoms with van der Waals surface area (Å²) < 4.78 is 13.1. The fraction of sp³-hybridized carbons (Fsp3) is 0.412. The van der Waals surface area contributed by atoms with Crippen molar-refractivity contribution < 1.29 is 9.18 Å².